The molecule has 6 rings (SSSR count). The number of halogens is 1. The molecule has 0 radical (unpaired) electrons. The minimum atomic E-state index is -0.853. The van der Waals surface area contributed by atoms with Crippen LogP contribution in [0, 0.1) is 5.82 Å². The molecule has 0 N–H and O–H groups in total. The number of amides is 1. The number of hydrogen-bond donors (Lipinski definition) is 0. The average Bonchev–Trinajstić information content (AvgIpc) is 3.13. The Balaban J connectivity index is 1.28. The van der Waals surface area contributed by atoms with E-state index in [4.69, 9.17) is 4.74 Å². The predicted octanol–water partition coefficient (Wildman–Crippen LogP) is 2.74. The van der Waals surface area contributed by atoms with E-state index in [1.807, 2.05) is 12.1 Å². The van der Waals surface area contributed by atoms with E-state index in [1.165, 1.54) is 23.3 Å². The first-order valence-corrected chi connectivity index (χ1v) is 10.3. The first-order valence-electron chi connectivity index (χ1n) is 10.3. The molecule has 1 aliphatic carbocycles. The highest BCUT2D eigenvalue weighted by molar-refractivity contribution is 5.96. The lowest BCUT2D eigenvalue weighted by Gasteiger charge is -2.27. The molecule has 8 heteroatoms. The van der Waals surface area contributed by atoms with Crippen LogP contribution in [0.15, 0.2) is 54.9 Å². The van der Waals surface area contributed by atoms with Gasteiger partial charge in [0, 0.05) is 30.2 Å². The summed E-state index contributed by atoms with van der Waals surface area (Å²) in [5, 5.41) is 8.04. The Hall–Kier alpha value is -3.55. The molecule has 31 heavy (non-hydrogen) atoms. The fourth-order valence-corrected chi connectivity index (χ4v) is 5.00. The lowest BCUT2D eigenvalue weighted by atomic mass is 9.91. The van der Waals surface area contributed by atoms with Crippen molar-refractivity contribution in [2.24, 2.45) is 0 Å². The van der Waals surface area contributed by atoms with Gasteiger partial charge in [-0.05, 0) is 25.0 Å². The van der Waals surface area contributed by atoms with Gasteiger partial charge in [-0.3, -0.25) is 4.79 Å². The second-order valence-electron chi connectivity index (χ2n) is 8.47. The van der Waals surface area contributed by atoms with Gasteiger partial charge in [-0.2, -0.15) is 15.0 Å². The number of benzene rings is 2. The molecule has 1 saturated carbocycles. The van der Waals surface area contributed by atoms with Crippen LogP contribution in [0.2, 0.25) is 0 Å². The molecule has 2 aliphatic heterocycles. The van der Waals surface area contributed by atoms with Gasteiger partial charge in [-0.25, -0.2) is 9.18 Å². The number of ether oxygens (including phenoxy) is 1. The fourth-order valence-electron chi connectivity index (χ4n) is 5.00. The molecule has 3 aromatic rings. The van der Waals surface area contributed by atoms with Crippen LogP contribution in [0.1, 0.15) is 40.7 Å². The molecule has 2 fully saturated rings. The largest absolute Gasteiger partial charge is 0.449 e. The molecular formula is C23H19FN4O3. The molecular weight excluding hydrogens is 399 g/mol. The van der Waals surface area contributed by atoms with Crippen molar-refractivity contribution in [1.82, 2.24) is 19.9 Å². The minimum absolute atomic E-state index is 0.103. The van der Waals surface area contributed by atoms with Gasteiger partial charge >= 0.3 is 5.97 Å². The van der Waals surface area contributed by atoms with Crippen molar-refractivity contribution in [3.05, 3.63) is 77.4 Å². The van der Waals surface area contributed by atoms with Crippen LogP contribution >= 0.6 is 0 Å². The van der Waals surface area contributed by atoms with Crippen molar-refractivity contribution in [2.75, 3.05) is 13.1 Å². The van der Waals surface area contributed by atoms with Gasteiger partial charge in [-0.15, -0.1) is 0 Å². The van der Waals surface area contributed by atoms with Crippen LogP contribution in [0.5, 0.6) is 0 Å². The maximum atomic E-state index is 15.1. The third-order valence-corrected chi connectivity index (χ3v) is 6.72. The van der Waals surface area contributed by atoms with Crippen molar-refractivity contribution in [3.63, 3.8) is 0 Å². The number of likely N-dealkylation sites (tertiary alicyclic amines) is 1. The number of nitrogens with zero attached hydrogens (tertiary/aromatic N) is 4. The highest BCUT2D eigenvalue weighted by Gasteiger charge is 2.58. The van der Waals surface area contributed by atoms with Gasteiger partial charge in [0.2, 0.25) is 5.91 Å². The summed E-state index contributed by atoms with van der Waals surface area (Å²) in [6.45, 7) is 0.770. The third-order valence-electron chi connectivity index (χ3n) is 6.72. The lowest BCUT2D eigenvalue weighted by molar-refractivity contribution is -0.134. The second kappa shape index (κ2) is 6.23. The van der Waals surface area contributed by atoms with E-state index in [9.17, 15) is 9.59 Å². The van der Waals surface area contributed by atoms with Crippen molar-refractivity contribution >= 4 is 11.9 Å². The van der Waals surface area contributed by atoms with Crippen LogP contribution in [0.25, 0.3) is 5.69 Å². The molecule has 3 heterocycles. The molecule has 1 aromatic heterocycles. The normalized spacial score (nSPS) is 23.1. The summed E-state index contributed by atoms with van der Waals surface area (Å²) < 4.78 is 20.8. The quantitative estimate of drug-likeness (QED) is 0.612. The molecule has 1 spiro atoms. The van der Waals surface area contributed by atoms with Crippen LogP contribution in [-0.2, 0) is 20.5 Å². The fraction of sp³-hybridized carbons (Fsp3) is 0.304. The van der Waals surface area contributed by atoms with E-state index in [0.717, 1.165) is 5.56 Å². The first-order chi connectivity index (χ1) is 15.0. The Labute approximate surface area is 177 Å². The summed E-state index contributed by atoms with van der Waals surface area (Å²) >= 11 is 0. The maximum absolute atomic E-state index is 15.1. The van der Waals surface area contributed by atoms with E-state index in [0.29, 0.717) is 49.2 Å². The Morgan fingerprint density at radius 2 is 1.81 bits per heavy atom. The van der Waals surface area contributed by atoms with Crippen LogP contribution in [0.4, 0.5) is 4.39 Å². The Bertz CT molecular complexity index is 1220. The van der Waals surface area contributed by atoms with Gasteiger partial charge in [0.15, 0.2) is 5.60 Å². The predicted molar refractivity (Wildman–Crippen MR) is 107 cm³/mol. The van der Waals surface area contributed by atoms with Crippen molar-refractivity contribution < 1.29 is 18.7 Å². The van der Waals surface area contributed by atoms with E-state index in [2.05, 4.69) is 10.2 Å². The number of esters is 1. The molecule has 1 saturated heterocycles. The summed E-state index contributed by atoms with van der Waals surface area (Å²) in [5.74, 6) is -0.888. The van der Waals surface area contributed by atoms with Gasteiger partial charge in [-0.1, -0.05) is 24.3 Å². The Kier molecular flexibility index (Phi) is 3.66. The zero-order valence-electron chi connectivity index (χ0n) is 16.6. The average molecular weight is 418 g/mol. The Morgan fingerprint density at radius 1 is 1.03 bits per heavy atom. The zero-order chi connectivity index (χ0) is 21.2. The molecule has 1 atom stereocenters. The van der Waals surface area contributed by atoms with Crippen molar-refractivity contribution in [2.45, 2.75) is 30.3 Å². The monoisotopic (exact) mass is 418 g/mol. The zero-order valence-corrected chi connectivity index (χ0v) is 16.6. The van der Waals surface area contributed by atoms with Gasteiger partial charge in [0.25, 0.3) is 0 Å². The number of aromatic nitrogens is 3. The smallest absolute Gasteiger partial charge is 0.339 e. The molecule has 156 valence electrons. The molecule has 1 unspecified atom stereocenters. The second-order valence-corrected chi connectivity index (χ2v) is 8.47. The van der Waals surface area contributed by atoms with Crippen LogP contribution < -0.4 is 0 Å². The number of hydrogen-bond acceptors (Lipinski definition) is 5. The van der Waals surface area contributed by atoms with Gasteiger partial charge in [0.1, 0.15) is 5.82 Å². The maximum Gasteiger partial charge on any atom is 0.339 e. The summed E-state index contributed by atoms with van der Waals surface area (Å²) in [6, 6.07) is 12.1. The third kappa shape index (κ3) is 2.57. The van der Waals surface area contributed by atoms with E-state index in [1.54, 1.807) is 29.2 Å². The topological polar surface area (TPSA) is 77.3 Å². The minimum Gasteiger partial charge on any atom is -0.449 e. The number of fused-ring (bicyclic) bond motifs is 2. The lowest BCUT2D eigenvalue weighted by Crippen LogP contribution is -2.40. The summed E-state index contributed by atoms with van der Waals surface area (Å²) in [4.78, 5) is 28.9. The van der Waals surface area contributed by atoms with Crippen LogP contribution in [-0.4, -0.2) is 44.9 Å². The molecule has 7 nitrogen and oxygen atoms in total. The number of carbonyl (C=O) groups is 2. The van der Waals surface area contributed by atoms with E-state index < -0.39 is 16.8 Å². The number of carbonyl (C=O) groups excluding carboxylic acids is 2. The highest BCUT2D eigenvalue weighted by atomic mass is 19.1. The highest BCUT2D eigenvalue weighted by Crippen LogP contribution is 2.52. The Morgan fingerprint density at radius 3 is 2.55 bits per heavy atom. The molecule has 1 amide bonds. The van der Waals surface area contributed by atoms with Gasteiger partial charge < -0.3 is 9.64 Å². The van der Waals surface area contributed by atoms with E-state index in [-0.39, 0.29) is 11.9 Å². The standard InChI is InChI=1S/C23H19FN4O3/c24-19-13-15(28-25-10-11-26-28)5-6-18(19)22(7-8-22)21(30)27-12-9-23(14-27)17-4-2-1-3-16(17)20(29)31-23/h1-6,10-11,13H,7-9,12,14H2. The van der Waals surface area contributed by atoms with Crippen molar-refractivity contribution in [1.29, 1.82) is 0 Å². The van der Waals surface area contributed by atoms with Crippen molar-refractivity contribution in [3.8, 4) is 5.69 Å². The van der Waals surface area contributed by atoms with E-state index >= 15 is 4.39 Å². The van der Waals surface area contributed by atoms with Gasteiger partial charge in [0.05, 0.1) is 35.6 Å². The SMILES string of the molecule is O=C1OC2(CCN(C(=O)C3(c4ccc(-n5nccn5)cc4F)CC3)C2)c2ccccc21. The molecule has 0 bridgehead atoms. The molecule has 3 aliphatic rings. The molecule has 2 aromatic carbocycles. The number of rotatable bonds is 3. The first kappa shape index (κ1) is 18.2. The summed E-state index contributed by atoms with van der Waals surface area (Å²) in [7, 11) is 0. The van der Waals surface area contributed by atoms with Crippen LogP contribution in [0.3, 0.4) is 0 Å². The summed E-state index contributed by atoms with van der Waals surface area (Å²) in [5.41, 5.74) is 0.651. The summed E-state index contributed by atoms with van der Waals surface area (Å²) in [6.07, 6.45) is 4.79.